The van der Waals surface area contributed by atoms with Crippen molar-refractivity contribution in [1.29, 1.82) is 0 Å². The van der Waals surface area contributed by atoms with Gasteiger partial charge in [-0.2, -0.15) is 0 Å². The van der Waals surface area contributed by atoms with E-state index in [0.717, 1.165) is 0 Å². The van der Waals surface area contributed by atoms with Gasteiger partial charge in [0.15, 0.2) is 0 Å². The van der Waals surface area contributed by atoms with E-state index in [2.05, 4.69) is 10.3 Å². The van der Waals surface area contributed by atoms with Gasteiger partial charge in [-0.05, 0) is 25.5 Å². The van der Waals surface area contributed by atoms with E-state index in [1.54, 1.807) is 38.2 Å². The van der Waals surface area contributed by atoms with Crippen LogP contribution >= 0.6 is 0 Å². The van der Waals surface area contributed by atoms with Gasteiger partial charge in [0.1, 0.15) is 0 Å². The molecular formula is C19H22N2O6. The first-order valence-corrected chi connectivity index (χ1v) is 8.65. The highest BCUT2D eigenvalue weighted by Crippen LogP contribution is 2.31. The largest absolute Gasteiger partial charge is 0.464 e. The molecule has 0 aromatic heterocycles. The first-order valence-electron chi connectivity index (χ1n) is 8.65. The van der Waals surface area contributed by atoms with Crippen LogP contribution in [-0.2, 0) is 28.7 Å². The van der Waals surface area contributed by atoms with Crippen molar-refractivity contribution in [2.24, 2.45) is 10.9 Å². The molecule has 1 unspecified atom stereocenters. The molecule has 1 heterocycles. The third-order valence-corrected chi connectivity index (χ3v) is 4.05. The van der Waals surface area contributed by atoms with Gasteiger partial charge in [0.2, 0.25) is 11.4 Å². The Bertz CT molecular complexity index is 757. The quantitative estimate of drug-likeness (QED) is 0.526. The van der Waals surface area contributed by atoms with Crippen LogP contribution in [0, 0.1) is 5.92 Å². The summed E-state index contributed by atoms with van der Waals surface area (Å²) in [5.74, 6) is -3.37. The Morgan fingerprint density at radius 2 is 1.78 bits per heavy atom. The van der Waals surface area contributed by atoms with Gasteiger partial charge in [0, 0.05) is 25.3 Å². The van der Waals surface area contributed by atoms with E-state index < -0.39 is 29.3 Å². The van der Waals surface area contributed by atoms with Crippen molar-refractivity contribution < 1.29 is 28.7 Å². The number of nitrogens with zero attached hydrogens (tertiary/aromatic N) is 1. The highest BCUT2D eigenvalue weighted by Gasteiger charge is 2.51. The van der Waals surface area contributed by atoms with E-state index in [1.807, 2.05) is 0 Å². The minimum atomic E-state index is -2.08. The Morgan fingerprint density at radius 1 is 1.15 bits per heavy atom. The number of allylic oxidation sites excluding steroid dienone is 4. The van der Waals surface area contributed by atoms with Gasteiger partial charge in [-0.25, -0.2) is 14.6 Å². The number of carbonyl (C=O) groups is 4. The molecule has 0 radical (unpaired) electrons. The van der Waals surface area contributed by atoms with Crippen molar-refractivity contribution in [2.45, 2.75) is 32.7 Å². The minimum Gasteiger partial charge on any atom is -0.464 e. The number of aliphatic imine (C=N–C) groups is 1. The van der Waals surface area contributed by atoms with Crippen molar-refractivity contribution >= 4 is 29.5 Å². The second kappa shape index (κ2) is 8.57. The van der Waals surface area contributed by atoms with Gasteiger partial charge < -0.3 is 14.8 Å². The standard InChI is InChI=1S/C19H22N2O6/c1-4-26-17(24)19(21-12(3)22,18(25)27-5-2)11-13-10-16(23)20-15-9-7-6-8-14(13)15/h6-10,14H,4-5,11H2,1-3H3,(H,21,22). The van der Waals surface area contributed by atoms with Crippen LogP contribution in [0.25, 0.3) is 0 Å². The second-order valence-corrected chi connectivity index (χ2v) is 6.02. The highest BCUT2D eigenvalue weighted by molar-refractivity contribution is 6.13. The van der Waals surface area contributed by atoms with E-state index >= 15 is 0 Å². The summed E-state index contributed by atoms with van der Waals surface area (Å²) in [4.78, 5) is 53.2. The monoisotopic (exact) mass is 374 g/mol. The number of ether oxygens (including phenoxy) is 2. The summed E-state index contributed by atoms with van der Waals surface area (Å²) in [6.45, 7) is 4.38. The number of hydrogen-bond donors (Lipinski definition) is 1. The Labute approximate surface area is 157 Å². The van der Waals surface area contributed by atoms with Crippen LogP contribution in [-0.4, -0.2) is 48.2 Å². The maximum Gasteiger partial charge on any atom is 0.344 e. The lowest BCUT2D eigenvalue weighted by Crippen LogP contribution is -2.61. The fourth-order valence-corrected chi connectivity index (χ4v) is 3.01. The van der Waals surface area contributed by atoms with Crippen LogP contribution in [0.15, 0.2) is 40.9 Å². The Morgan fingerprint density at radius 3 is 2.33 bits per heavy atom. The molecule has 0 aromatic rings. The lowest BCUT2D eigenvalue weighted by molar-refractivity contribution is -0.168. The zero-order valence-electron chi connectivity index (χ0n) is 15.5. The molecule has 8 heteroatoms. The zero-order chi connectivity index (χ0) is 20.0. The van der Waals surface area contributed by atoms with Crippen molar-refractivity contribution in [1.82, 2.24) is 5.32 Å². The van der Waals surface area contributed by atoms with E-state index in [0.29, 0.717) is 11.3 Å². The summed E-state index contributed by atoms with van der Waals surface area (Å²) in [5, 5.41) is 2.40. The first kappa shape index (κ1) is 20.3. The topological polar surface area (TPSA) is 111 Å². The van der Waals surface area contributed by atoms with Crippen LogP contribution in [0.4, 0.5) is 0 Å². The van der Waals surface area contributed by atoms with Crippen molar-refractivity contribution in [3.63, 3.8) is 0 Å². The fourth-order valence-electron chi connectivity index (χ4n) is 3.01. The van der Waals surface area contributed by atoms with Gasteiger partial charge in [0.05, 0.1) is 18.9 Å². The Balaban J connectivity index is 2.49. The molecule has 8 nitrogen and oxygen atoms in total. The number of amides is 2. The average molecular weight is 374 g/mol. The number of nitrogens with one attached hydrogen (secondary N) is 1. The smallest absolute Gasteiger partial charge is 0.344 e. The molecule has 27 heavy (non-hydrogen) atoms. The predicted molar refractivity (Wildman–Crippen MR) is 96.7 cm³/mol. The average Bonchev–Trinajstić information content (AvgIpc) is 2.60. The molecule has 1 N–H and O–H groups in total. The summed E-state index contributed by atoms with van der Waals surface area (Å²) in [5.41, 5.74) is -1.12. The number of carbonyl (C=O) groups excluding carboxylic acids is 4. The Hall–Kier alpha value is -3.03. The number of hydrogen-bond acceptors (Lipinski definition) is 6. The number of dihydropyridines is 1. The van der Waals surface area contributed by atoms with Crippen molar-refractivity contribution in [3.8, 4) is 0 Å². The predicted octanol–water partition coefficient (Wildman–Crippen LogP) is 1.03. The number of esters is 2. The summed E-state index contributed by atoms with van der Waals surface area (Å²) in [6.07, 6.45) is 8.01. The SMILES string of the molecule is CCOC(=O)C(CC1=CC(=O)N=C2C=CC=CC12)(NC(C)=O)C(=O)OCC. The van der Waals surface area contributed by atoms with Crippen LogP contribution in [0.5, 0.6) is 0 Å². The second-order valence-electron chi connectivity index (χ2n) is 6.02. The van der Waals surface area contributed by atoms with E-state index in [-0.39, 0.29) is 25.6 Å². The van der Waals surface area contributed by atoms with Crippen LogP contribution < -0.4 is 5.32 Å². The molecule has 0 bridgehead atoms. The van der Waals surface area contributed by atoms with Gasteiger partial charge in [-0.1, -0.05) is 18.2 Å². The lowest BCUT2D eigenvalue weighted by Gasteiger charge is -2.33. The minimum absolute atomic E-state index is 0.0102. The molecule has 0 fully saturated rings. The normalized spacial score (nSPS) is 18.2. The van der Waals surface area contributed by atoms with Crippen molar-refractivity contribution in [2.75, 3.05) is 13.2 Å². The van der Waals surface area contributed by atoms with Gasteiger partial charge in [-0.3, -0.25) is 9.59 Å². The molecule has 1 aliphatic heterocycles. The first-order chi connectivity index (χ1) is 12.8. The molecule has 144 valence electrons. The highest BCUT2D eigenvalue weighted by atomic mass is 16.6. The fraction of sp³-hybridized carbons (Fsp3) is 0.421. The summed E-state index contributed by atoms with van der Waals surface area (Å²) in [7, 11) is 0. The number of fused-ring (bicyclic) bond motifs is 1. The van der Waals surface area contributed by atoms with Gasteiger partial charge >= 0.3 is 11.9 Å². The van der Waals surface area contributed by atoms with Crippen LogP contribution in [0.1, 0.15) is 27.2 Å². The van der Waals surface area contributed by atoms with E-state index in [1.165, 1.54) is 13.0 Å². The molecule has 0 aromatic carbocycles. The van der Waals surface area contributed by atoms with Crippen LogP contribution in [0.3, 0.4) is 0 Å². The summed E-state index contributed by atoms with van der Waals surface area (Å²) < 4.78 is 10.1. The molecule has 1 aliphatic carbocycles. The third-order valence-electron chi connectivity index (χ3n) is 4.05. The van der Waals surface area contributed by atoms with Crippen molar-refractivity contribution in [3.05, 3.63) is 36.0 Å². The summed E-state index contributed by atoms with van der Waals surface area (Å²) >= 11 is 0. The maximum absolute atomic E-state index is 12.7. The van der Waals surface area contributed by atoms with Gasteiger partial charge in [0.25, 0.3) is 5.91 Å². The molecule has 0 saturated heterocycles. The van der Waals surface area contributed by atoms with Crippen LogP contribution in [0.2, 0.25) is 0 Å². The number of rotatable bonds is 7. The molecule has 1 atom stereocenters. The zero-order valence-corrected chi connectivity index (χ0v) is 15.5. The molecule has 0 spiro atoms. The summed E-state index contributed by atoms with van der Waals surface area (Å²) in [6, 6.07) is 0. The lowest BCUT2D eigenvalue weighted by atomic mass is 9.80. The molecule has 2 rings (SSSR count). The van der Waals surface area contributed by atoms with E-state index in [4.69, 9.17) is 9.47 Å². The molecule has 0 saturated carbocycles. The molecule has 2 aliphatic rings. The molecule has 2 amide bonds. The van der Waals surface area contributed by atoms with Gasteiger partial charge in [-0.15, -0.1) is 0 Å². The maximum atomic E-state index is 12.7. The third kappa shape index (κ3) is 4.39. The van der Waals surface area contributed by atoms with E-state index in [9.17, 15) is 19.2 Å². The molecular weight excluding hydrogens is 352 g/mol. The Kier molecular flexibility index (Phi) is 6.44.